The Kier molecular flexibility index (Phi) is 2.92. The molecule has 0 fully saturated rings. The normalized spacial score (nSPS) is 10.7. The van der Waals surface area contributed by atoms with Gasteiger partial charge in [0.05, 0.1) is 11.3 Å². The molecule has 0 aliphatic heterocycles. The Hall–Kier alpha value is -1.77. The van der Waals surface area contributed by atoms with E-state index in [1.165, 1.54) is 13.0 Å². The maximum Gasteiger partial charge on any atom is 0.165 e. The first-order chi connectivity index (χ1) is 6.57. The van der Waals surface area contributed by atoms with Crippen molar-refractivity contribution in [3.63, 3.8) is 0 Å². The van der Waals surface area contributed by atoms with Crippen molar-refractivity contribution < 1.29 is 9.90 Å². The zero-order chi connectivity index (χ0) is 10.7. The van der Waals surface area contributed by atoms with Crippen molar-refractivity contribution in [1.29, 1.82) is 0 Å². The fraction of sp³-hybridized carbons (Fsp3) is 0.182. The Balaban J connectivity index is 3.41. The van der Waals surface area contributed by atoms with E-state index in [9.17, 15) is 9.90 Å². The van der Waals surface area contributed by atoms with Gasteiger partial charge in [-0.05, 0) is 31.5 Å². The second-order valence-corrected chi connectivity index (χ2v) is 3.02. The van der Waals surface area contributed by atoms with Crippen LogP contribution < -0.4 is 5.73 Å². The molecule has 14 heavy (non-hydrogen) atoms. The molecule has 1 rings (SSSR count). The first kappa shape index (κ1) is 10.3. The van der Waals surface area contributed by atoms with Crippen LogP contribution >= 0.6 is 0 Å². The number of ketones is 1. The fourth-order valence-corrected chi connectivity index (χ4v) is 1.32. The van der Waals surface area contributed by atoms with Gasteiger partial charge in [0.25, 0.3) is 0 Å². The average molecular weight is 191 g/mol. The molecule has 0 aliphatic carbocycles. The molecule has 0 unspecified atom stereocenters. The maximum absolute atomic E-state index is 11.2. The molecular weight excluding hydrogens is 178 g/mol. The molecule has 3 heteroatoms. The van der Waals surface area contributed by atoms with Crippen molar-refractivity contribution in [2.24, 2.45) is 0 Å². The van der Waals surface area contributed by atoms with Crippen molar-refractivity contribution >= 4 is 17.5 Å². The van der Waals surface area contributed by atoms with Gasteiger partial charge in [0, 0.05) is 0 Å². The predicted molar refractivity (Wildman–Crippen MR) is 57.2 cm³/mol. The Morgan fingerprint density at radius 1 is 1.50 bits per heavy atom. The van der Waals surface area contributed by atoms with Gasteiger partial charge in [-0.15, -0.1) is 0 Å². The van der Waals surface area contributed by atoms with Gasteiger partial charge in [-0.2, -0.15) is 0 Å². The molecule has 0 amide bonds. The Bertz CT molecular complexity index is 395. The molecule has 0 heterocycles. The number of rotatable bonds is 2. The molecule has 0 saturated carbocycles. The van der Waals surface area contributed by atoms with Crippen molar-refractivity contribution in [1.82, 2.24) is 0 Å². The zero-order valence-electron chi connectivity index (χ0n) is 8.24. The highest BCUT2D eigenvalue weighted by Gasteiger charge is 2.12. The van der Waals surface area contributed by atoms with Crippen LogP contribution in [0.15, 0.2) is 18.2 Å². The van der Waals surface area contributed by atoms with Crippen LogP contribution in [-0.4, -0.2) is 10.9 Å². The number of allylic oxidation sites excluding steroid dienone is 1. The van der Waals surface area contributed by atoms with E-state index in [1.54, 1.807) is 12.1 Å². The third-order valence-electron chi connectivity index (χ3n) is 1.96. The van der Waals surface area contributed by atoms with Gasteiger partial charge >= 0.3 is 0 Å². The summed E-state index contributed by atoms with van der Waals surface area (Å²) in [6, 6.07) is 3.15. The Morgan fingerprint density at radius 2 is 2.14 bits per heavy atom. The van der Waals surface area contributed by atoms with Gasteiger partial charge in [0.2, 0.25) is 0 Å². The largest absolute Gasteiger partial charge is 0.507 e. The number of benzene rings is 1. The Labute approximate surface area is 82.9 Å². The van der Waals surface area contributed by atoms with E-state index in [1.807, 2.05) is 13.0 Å². The number of Topliss-reactive ketones (excluding diaryl/α,β-unsaturated/α-hetero) is 1. The summed E-state index contributed by atoms with van der Waals surface area (Å²) < 4.78 is 0. The molecule has 3 nitrogen and oxygen atoms in total. The minimum absolute atomic E-state index is 0.0664. The summed E-state index contributed by atoms with van der Waals surface area (Å²) in [6.45, 7) is 3.24. The zero-order valence-corrected chi connectivity index (χ0v) is 8.24. The summed E-state index contributed by atoms with van der Waals surface area (Å²) in [5.74, 6) is -0.297. The summed E-state index contributed by atoms with van der Waals surface area (Å²) in [4.78, 5) is 11.2. The average Bonchev–Trinajstić information content (AvgIpc) is 2.10. The summed E-state index contributed by atoms with van der Waals surface area (Å²) in [5.41, 5.74) is 7.01. The fourth-order valence-electron chi connectivity index (χ4n) is 1.32. The molecule has 0 atom stereocenters. The van der Waals surface area contributed by atoms with Crippen LogP contribution in [-0.2, 0) is 0 Å². The molecule has 74 valence electrons. The van der Waals surface area contributed by atoms with E-state index in [-0.39, 0.29) is 17.1 Å². The number of carbonyl (C=O) groups excluding carboxylic acids is 1. The molecule has 0 spiro atoms. The van der Waals surface area contributed by atoms with E-state index in [4.69, 9.17) is 5.73 Å². The van der Waals surface area contributed by atoms with E-state index >= 15 is 0 Å². The molecule has 0 bridgehead atoms. The number of hydrogen-bond acceptors (Lipinski definition) is 3. The van der Waals surface area contributed by atoms with Gasteiger partial charge in [-0.1, -0.05) is 12.2 Å². The van der Waals surface area contributed by atoms with Crippen LogP contribution in [0.3, 0.4) is 0 Å². The molecule has 1 aromatic rings. The van der Waals surface area contributed by atoms with Crippen molar-refractivity contribution in [3.05, 3.63) is 29.3 Å². The van der Waals surface area contributed by atoms with Gasteiger partial charge < -0.3 is 10.8 Å². The Morgan fingerprint density at radius 3 is 2.64 bits per heavy atom. The third-order valence-corrected chi connectivity index (χ3v) is 1.96. The minimum atomic E-state index is -0.230. The summed E-state index contributed by atoms with van der Waals surface area (Å²) in [5, 5.41) is 9.43. The van der Waals surface area contributed by atoms with Crippen molar-refractivity contribution in [3.8, 4) is 5.75 Å². The second-order valence-electron chi connectivity index (χ2n) is 3.02. The SMILES string of the molecule is C/C=C/c1ccc(O)c(C(C)=O)c1N. The van der Waals surface area contributed by atoms with E-state index < -0.39 is 0 Å². The quantitative estimate of drug-likeness (QED) is 0.556. The van der Waals surface area contributed by atoms with Crippen LogP contribution in [0.2, 0.25) is 0 Å². The van der Waals surface area contributed by atoms with Crippen LogP contribution in [0.4, 0.5) is 5.69 Å². The molecule has 1 aromatic carbocycles. The summed E-state index contributed by atoms with van der Waals surface area (Å²) in [7, 11) is 0. The smallest absolute Gasteiger partial charge is 0.165 e. The summed E-state index contributed by atoms with van der Waals surface area (Å²) in [6.07, 6.45) is 3.62. The lowest BCUT2D eigenvalue weighted by Crippen LogP contribution is -2.02. The summed E-state index contributed by atoms with van der Waals surface area (Å²) >= 11 is 0. The maximum atomic E-state index is 11.2. The first-order valence-corrected chi connectivity index (χ1v) is 4.33. The lowest BCUT2D eigenvalue weighted by Gasteiger charge is -2.07. The molecule has 0 saturated heterocycles. The van der Waals surface area contributed by atoms with Crippen LogP contribution in [0.1, 0.15) is 29.8 Å². The van der Waals surface area contributed by atoms with Gasteiger partial charge in [0.15, 0.2) is 5.78 Å². The van der Waals surface area contributed by atoms with E-state index in [0.29, 0.717) is 5.69 Å². The number of nitrogen functional groups attached to an aromatic ring is 1. The predicted octanol–water partition coefficient (Wildman–Crippen LogP) is 2.21. The highest BCUT2D eigenvalue weighted by atomic mass is 16.3. The topological polar surface area (TPSA) is 63.3 Å². The monoisotopic (exact) mass is 191 g/mol. The lowest BCUT2D eigenvalue weighted by atomic mass is 10.0. The number of phenolic OH excluding ortho intramolecular Hbond substituents is 1. The van der Waals surface area contributed by atoms with Crippen molar-refractivity contribution in [2.45, 2.75) is 13.8 Å². The highest BCUT2D eigenvalue weighted by molar-refractivity contribution is 6.03. The second kappa shape index (κ2) is 3.96. The minimum Gasteiger partial charge on any atom is -0.507 e. The number of anilines is 1. The number of nitrogens with two attached hydrogens (primary N) is 1. The number of phenols is 1. The third kappa shape index (κ3) is 1.76. The lowest BCUT2D eigenvalue weighted by molar-refractivity contribution is 0.101. The van der Waals surface area contributed by atoms with Gasteiger partial charge in [-0.25, -0.2) is 0 Å². The first-order valence-electron chi connectivity index (χ1n) is 4.33. The number of carbonyl (C=O) groups is 1. The van der Waals surface area contributed by atoms with Gasteiger partial charge in [0.1, 0.15) is 5.75 Å². The standard InChI is InChI=1S/C11H13NO2/c1-3-4-8-5-6-9(14)10(7(2)13)11(8)12/h3-6,14H,12H2,1-2H3/b4-3+. The van der Waals surface area contributed by atoms with Crippen LogP contribution in [0.5, 0.6) is 5.75 Å². The molecule has 3 N–H and O–H groups in total. The molecule has 0 aliphatic rings. The molecular formula is C11H13NO2. The highest BCUT2D eigenvalue weighted by Crippen LogP contribution is 2.28. The van der Waals surface area contributed by atoms with E-state index in [2.05, 4.69) is 0 Å². The molecule has 0 radical (unpaired) electrons. The molecule has 0 aromatic heterocycles. The van der Waals surface area contributed by atoms with Crippen LogP contribution in [0.25, 0.3) is 6.08 Å². The number of hydrogen-bond donors (Lipinski definition) is 2. The van der Waals surface area contributed by atoms with E-state index in [0.717, 1.165) is 5.56 Å². The van der Waals surface area contributed by atoms with Gasteiger partial charge in [-0.3, -0.25) is 4.79 Å². The van der Waals surface area contributed by atoms with Crippen LogP contribution in [0, 0.1) is 0 Å². The van der Waals surface area contributed by atoms with Crippen molar-refractivity contribution in [2.75, 3.05) is 5.73 Å². The number of aromatic hydroxyl groups is 1.